The van der Waals surface area contributed by atoms with E-state index in [2.05, 4.69) is 11.6 Å². The van der Waals surface area contributed by atoms with Crippen LogP contribution in [0.2, 0.25) is 0 Å². The van der Waals surface area contributed by atoms with Crippen molar-refractivity contribution in [1.29, 1.82) is 0 Å². The van der Waals surface area contributed by atoms with Crippen LogP contribution in [0.15, 0.2) is 45.7 Å². The molecule has 21 heavy (non-hydrogen) atoms. The van der Waals surface area contributed by atoms with Crippen LogP contribution in [0.3, 0.4) is 0 Å². The zero-order chi connectivity index (χ0) is 15.6. The van der Waals surface area contributed by atoms with Gasteiger partial charge in [-0.3, -0.25) is 14.3 Å². The number of rotatable bonds is 5. The molecule has 2 heterocycles. The van der Waals surface area contributed by atoms with Crippen molar-refractivity contribution in [3.05, 3.63) is 57.0 Å². The van der Waals surface area contributed by atoms with Crippen molar-refractivity contribution in [1.82, 2.24) is 9.55 Å². The van der Waals surface area contributed by atoms with Crippen LogP contribution in [0.25, 0.3) is 0 Å². The Bertz CT molecular complexity index is 686. The van der Waals surface area contributed by atoms with E-state index in [-0.39, 0.29) is 11.5 Å². The average Bonchev–Trinajstić information content (AvgIpc) is 2.75. The van der Waals surface area contributed by atoms with E-state index in [0.717, 1.165) is 4.57 Å². The topological polar surface area (TPSA) is 103 Å². The highest BCUT2D eigenvalue weighted by Gasteiger charge is 2.40. The van der Waals surface area contributed by atoms with Gasteiger partial charge in [0.1, 0.15) is 6.61 Å². The summed E-state index contributed by atoms with van der Waals surface area (Å²) in [6.07, 6.45) is -0.361. The lowest BCUT2D eigenvalue weighted by atomic mass is 10.2. The van der Waals surface area contributed by atoms with Crippen LogP contribution in [0.4, 0.5) is 0 Å². The van der Waals surface area contributed by atoms with Crippen LogP contribution in [0.5, 0.6) is 0 Å². The number of aliphatic hydroxyl groups excluding tert-OH is 1. The summed E-state index contributed by atoms with van der Waals surface area (Å²) >= 11 is 0. The van der Waals surface area contributed by atoms with E-state index in [1.165, 1.54) is 19.4 Å². The van der Waals surface area contributed by atoms with Crippen molar-refractivity contribution >= 4 is 0 Å². The van der Waals surface area contributed by atoms with E-state index >= 15 is 0 Å². The highest BCUT2D eigenvalue weighted by molar-refractivity contribution is 5.17. The first-order chi connectivity index (χ1) is 9.97. The van der Waals surface area contributed by atoms with Gasteiger partial charge in [0.05, 0.1) is 5.76 Å². The summed E-state index contributed by atoms with van der Waals surface area (Å²) in [5, 5.41) is 9.35. The second kappa shape index (κ2) is 5.98. The third-order valence-electron chi connectivity index (χ3n) is 2.86. The molecule has 0 saturated carbocycles. The predicted molar refractivity (Wildman–Crippen MR) is 72.3 cm³/mol. The molecule has 0 fully saturated rings. The van der Waals surface area contributed by atoms with Gasteiger partial charge < -0.3 is 19.3 Å². The highest BCUT2D eigenvalue weighted by atomic mass is 16.6. The van der Waals surface area contributed by atoms with Gasteiger partial charge in [-0.2, -0.15) is 0 Å². The summed E-state index contributed by atoms with van der Waals surface area (Å²) in [5.41, 5.74) is -1.17. The van der Waals surface area contributed by atoms with E-state index in [1.54, 1.807) is 6.92 Å². The Labute approximate surface area is 119 Å². The standard InChI is InChI=1S/C13H16N2O6/c1-7(2)20-10-8(6-16)21-12(11(10)19-3)15-5-4-9(17)14-13(15)18/h4-5,11-12,16H,1,6H2,2-3H3,(H,14,17,18)/t11?,12-/m1/s1. The van der Waals surface area contributed by atoms with Gasteiger partial charge in [-0.15, -0.1) is 0 Å². The zero-order valence-corrected chi connectivity index (χ0v) is 11.7. The second-order valence-electron chi connectivity index (χ2n) is 4.43. The van der Waals surface area contributed by atoms with Crippen molar-refractivity contribution in [2.24, 2.45) is 0 Å². The number of H-pyrrole nitrogens is 1. The van der Waals surface area contributed by atoms with Gasteiger partial charge in [0.2, 0.25) is 6.23 Å². The number of methoxy groups -OCH3 is 1. The molecule has 0 bridgehead atoms. The van der Waals surface area contributed by atoms with E-state index in [9.17, 15) is 14.7 Å². The summed E-state index contributed by atoms with van der Waals surface area (Å²) in [6, 6.07) is 1.19. The minimum absolute atomic E-state index is 0.146. The molecule has 0 radical (unpaired) electrons. The van der Waals surface area contributed by atoms with Crippen molar-refractivity contribution in [3.63, 3.8) is 0 Å². The predicted octanol–water partition coefficient (Wildman–Crippen LogP) is -0.166. The first-order valence-electron chi connectivity index (χ1n) is 6.16. The Kier molecular flexibility index (Phi) is 4.29. The van der Waals surface area contributed by atoms with Crippen LogP contribution in [0.1, 0.15) is 13.2 Å². The second-order valence-corrected chi connectivity index (χ2v) is 4.43. The molecule has 8 heteroatoms. The number of aliphatic hydroxyl groups is 1. The number of aromatic nitrogens is 2. The molecule has 0 saturated heterocycles. The van der Waals surface area contributed by atoms with Gasteiger partial charge in [0.15, 0.2) is 17.6 Å². The number of allylic oxidation sites excluding steroid dienone is 1. The fraction of sp³-hybridized carbons (Fsp3) is 0.385. The lowest BCUT2D eigenvalue weighted by Gasteiger charge is -2.21. The Morgan fingerprint density at radius 1 is 1.57 bits per heavy atom. The summed E-state index contributed by atoms with van der Waals surface area (Å²) in [4.78, 5) is 25.1. The van der Waals surface area contributed by atoms with Crippen molar-refractivity contribution < 1.29 is 19.3 Å². The van der Waals surface area contributed by atoms with E-state index in [4.69, 9.17) is 14.2 Å². The van der Waals surface area contributed by atoms with Crippen LogP contribution in [-0.2, 0) is 14.2 Å². The summed E-state index contributed by atoms with van der Waals surface area (Å²) in [6.45, 7) is 4.83. The van der Waals surface area contributed by atoms with Gasteiger partial charge in [0, 0.05) is 19.4 Å². The first kappa shape index (κ1) is 15.1. The maximum absolute atomic E-state index is 11.8. The Morgan fingerprint density at radius 3 is 2.81 bits per heavy atom. The van der Waals surface area contributed by atoms with Gasteiger partial charge in [-0.25, -0.2) is 4.79 Å². The molecule has 0 spiro atoms. The van der Waals surface area contributed by atoms with E-state index < -0.39 is 30.2 Å². The minimum atomic E-state index is -0.893. The minimum Gasteiger partial charge on any atom is -0.465 e. The zero-order valence-electron chi connectivity index (χ0n) is 11.7. The Morgan fingerprint density at radius 2 is 2.29 bits per heavy atom. The molecule has 2 N–H and O–H groups in total. The molecule has 0 amide bonds. The van der Waals surface area contributed by atoms with E-state index in [1.807, 2.05) is 0 Å². The molecule has 8 nitrogen and oxygen atoms in total. The fourth-order valence-electron chi connectivity index (χ4n) is 2.03. The molecule has 2 atom stereocenters. The lowest BCUT2D eigenvalue weighted by molar-refractivity contribution is -0.0388. The molecule has 2 rings (SSSR count). The van der Waals surface area contributed by atoms with Crippen LogP contribution < -0.4 is 11.2 Å². The quantitative estimate of drug-likeness (QED) is 0.732. The van der Waals surface area contributed by atoms with Crippen LogP contribution in [0, 0.1) is 0 Å². The number of ether oxygens (including phenoxy) is 3. The van der Waals surface area contributed by atoms with Crippen molar-refractivity contribution in [3.8, 4) is 0 Å². The fourth-order valence-corrected chi connectivity index (χ4v) is 2.03. The monoisotopic (exact) mass is 296 g/mol. The number of hydrogen-bond donors (Lipinski definition) is 2. The molecule has 1 unspecified atom stereocenters. The molecule has 1 aliphatic heterocycles. The average molecular weight is 296 g/mol. The van der Waals surface area contributed by atoms with Gasteiger partial charge >= 0.3 is 5.69 Å². The third kappa shape index (κ3) is 2.91. The highest BCUT2D eigenvalue weighted by Crippen LogP contribution is 2.35. The SMILES string of the molecule is C=C(C)OC1=C(CO)O[C@@H](n2ccc(=O)[nH]c2=O)C1OC. The number of nitrogens with zero attached hydrogens (tertiary/aromatic N) is 1. The third-order valence-corrected chi connectivity index (χ3v) is 2.86. The van der Waals surface area contributed by atoms with Crippen LogP contribution >= 0.6 is 0 Å². The molecule has 1 aliphatic rings. The van der Waals surface area contributed by atoms with Gasteiger partial charge in [0.25, 0.3) is 5.56 Å². The molecule has 1 aromatic heterocycles. The lowest BCUT2D eigenvalue weighted by Crippen LogP contribution is -2.36. The molecular formula is C13H16N2O6. The number of aromatic amines is 1. The summed E-state index contributed by atoms with van der Waals surface area (Å²) < 4.78 is 17.4. The number of hydrogen-bond acceptors (Lipinski definition) is 6. The maximum atomic E-state index is 11.8. The maximum Gasteiger partial charge on any atom is 0.331 e. The normalized spacial score (nSPS) is 21.3. The molecule has 0 aliphatic carbocycles. The van der Waals surface area contributed by atoms with Gasteiger partial charge in [-0.1, -0.05) is 6.58 Å². The Hall–Kier alpha value is -2.32. The first-order valence-corrected chi connectivity index (χ1v) is 6.16. The summed E-state index contributed by atoms with van der Waals surface area (Å²) in [5.74, 6) is 0.777. The smallest absolute Gasteiger partial charge is 0.331 e. The molecule has 114 valence electrons. The molecule has 1 aromatic rings. The van der Waals surface area contributed by atoms with Crippen molar-refractivity contribution in [2.75, 3.05) is 13.7 Å². The van der Waals surface area contributed by atoms with Crippen molar-refractivity contribution in [2.45, 2.75) is 19.3 Å². The molecule has 0 aromatic carbocycles. The number of nitrogens with one attached hydrogen (secondary N) is 1. The van der Waals surface area contributed by atoms with Gasteiger partial charge in [-0.05, 0) is 6.92 Å². The Balaban J connectivity index is 2.42. The van der Waals surface area contributed by atoms with Crippen LogP contribution in [-0.4, -0.2) is 34.5 Å². The molecular weight excluding hydrogens is 280 g/mol. The largest absolute Gasteiger partial charge is 0.465 e. The summed E-state index contributed by atoms with van der Waals surface area (Å²) in [7, 11) is 1.42. The van der Waals surface area contributed by atoms with E-state index in [0.29, 0.717) is 5.76 Å².